The Morgan fingerprint density at radius 1 is 1.44 bits per heavy atom. The number of nitrogens with zero attached hydrogens (tertiary/aromatic N) is 2. The van der Waals surface area contributed by atoms with E-state index in [1.54, 1.807) is 13.2 Å². The maximum Gasteiger partial charge on any atom is 0.224 e. The maximum atomic E-state index is 8.96. The Balaban J connectivity index is 2.87. The molecule has 0 spiro atoms. The van der Waals surface area contributed by atoms with E-state index in [1.807, 2.05) is 20.8 Å². The van der Waals surface area contributed by atoms with Crippen LogP contribution in [-0.2, 0) is 0 Å². The zero-order chi connectivity index (χ0) is 12.2. The molecule has 0 aliphatic rings. The second kappa shape index (κ2) is 5.12. The largest absolute Gasteiger partial charge is 0.396 e. The third-order valence-electron chi connectivity index (χ3n) is 2.39. The molecule has 0 aromatic carbocycles. The van der Waals surface area contributed by atoms with Crippen molar-refractivity contribution in [2.24, 2.45) is 0 Å². The minimum absolute atomic E-state index is 0.156. The molecule has 1 aromatic rings. The summed E-state index contributed by atoms with van der Waals surface area (Å²) in [5, 5.41) is 15.2. The average molecular weight is 224 g/mol. The van der Waals surface area contributed by atoms with Crippen LogP contribution in [0.15, 0.2) is 6.20 Å². The fourth-order valence-corrected chi connectivity index (χ4v) is 1.35. The molecule has 1 rings (SSSR count). The van der Waals surface area contributed by atoms with E-state index in [9.17, 15) is 0 Å². The smallest absolute Gasteiger partial charge is 0.224 e. The van der Waals surface area contributed by atoms with Crippen molar-refractivity contribution >= 4 is 11.8 Å². The third-order valence-corrected chi connectivity index (χ3v) is 2.39. The number of hydrogen-bond donors (Lipinski definition) is 3. The maximum absolute atomic E-state index is 8.96. The zero-order valence-electron chi connectivity index (χ0n) is 10.3. The van der Waals surface area contributed by atoms with Crippen LogP contribution in [0.4, 0.5) is 11.8 Å². The molecule has 16 heavy (non-hydrogen) atoms. The molecule has 5 nitrogen and oxygen atoms in total. The highest BCUT2D eigenvalue weighted by Crippen LogP contribution is 2.19. The van der Waals surface area contributed by atoms with Crippen LogP contribution in [-0.4, -0.2) is 34.3 Å². The van der Waals surface area contributed by atoms with E-state index in [0.717, 1.165) is 11.4 Å². The van der Waals surface area contributed by atoms with E-state index in [2.05, 4.69) is 20.6 Å². The van der Waals surface area contributed by atoms with Crippen molar-refractivity contribution in [2.45, 2.75) is 32.7 Å². The Morgan fingerprint density at radius 2 is 2.12 bits per heavy atom. The lowest BCUT2D eigenvalue weighted by atomic mass is 10.0. The fourth-order valence-electron chi connectivity index (χ4n) is 1.35. The molecule has 0 radical (unpaired) electrons. The number of aromatic nitrogens is 2. The topological polar surface area (TPSA) is 70.1 Å². The summed E-state index contributed by atoms with van der Waals surface area (Å²) in [4.78, 5) is 8.47. The molecule has 1 aromatic heterocycles. The van der Waals surface area contributed by atoms with E-state index >= 15 is 0 Å². The monoisotopic (exact) mass is 224 g/mol. The second-order valence-corrected chi connectivity index (χ2v) is 4.46. The van der Waals surface area contributed by atoms with Gasteiger partial charge in [0.1, 0.15) is 5.82 Å². The zero-order valence-corrected chi connectivity index (χ0v) is 10.3. The van der Waals surface area contributed by atoms with Crippen molar-refractivity contribution < 1.29 is 5.11 Å². The molecular weight excluding hydrogens is 204 g/mol. The molecule has 3 N–H and O–H groups in total. The summed E-state index contributed by atoms with van der Waals surface area (Å²) in [5.41, 5.74) is 0.809. The van der Waals surface area contributed by atoms with Crippen LogP contribution in [0.1, 0.15) is 25.8 Å². The summed E-state index contributed by atoms with van der Waals surface area (Å²) in [6.45, 7) is 6.17. The number of rotatable bonds is 5. The van der Waals surface area contributed by atoms with E-state index in [4.69, 9.17) is 5.11 Å². The quantitative estimate of drug-likeness (QED) is 0.705. The number of aliphatic hydroxyl groups excluding tert-OH is 1. The molecule has 1 heterocycles. The van der Waals surface area contributed by atoms with Gasteiger partial charge in [0.2, 0.25) is 5.95 Å². The van der Waals surface area contributed by atoms with E-state index in [1.165, 1.54) is 0 Å². The highest BCUT2D eigenvalue weighted by molar-refractivity contribution is 5.47. The van der Waals surface area contributed by atoms with E-state index < -0.39 is 0 Å². The minimum Gasteiger partial charge on any atom is -0.396 e. The Bertz CT molecular complexity index is 352. The van der Waals surface area contributed by atoms with Gasteiger partial charge in [0.15, 0.2) is 0 Å². The van der Waals surface area contributed by atoms with Crippen molar-refractivity contribution in [3.8, 4) is 0 Å². The van der Waals surface area contributed by atoms with Gasteiger partial charge < -0.3 is 15.7 Å². The Kier molecular flexibility index (Phi) is 4.06. The van der Waals surface area contributed by atoms with E-state index in [-0.39, 0.29) is 12.1 Å². The van der Waals surface area contributed by atoms with Gasteiger partial charge in [-0.2, -0.15) is 4.98 Å². The summed E-state index contributed by atoms with van der Waals surface area (Å²) >= 11 is 0. The van der Waals surface area contributed by atoms with Crippen molar-refractivity contribution in [1.29, 1.82) is 0 Å². The summed E-state index contributed by atoms with van der Waals surface area (Å²) in [6.07, 6.45) is 2.45. The van der Waals surface area contributed by atoms with Gasteiger partial charge in [0, 0.05) is 31.0 Å². The SMILES string of the molecule is CNc1ncc(C)c(NC(C)(C)CCO)n1. The highest BCUT2D eigenvalue weighted by atomic mass is 16.3. The first kappa shape index (κ1) is 12.7. The van der Waals surface area contributed by atoms with Crippen LogP contribution in [0.5, 0.6) is 0 Å². The first-order valence-corrected chi connectivity index (χ1v) is 5.39. The highest BCUT2D eigenvalue weighted by Gasteiger charge is 2.18. The van der Waals surface area contributed by atoms with Crippen LogP contribution in [0.2, 0.25) is 0 Å². The summed E-state index contributed by atoms with van der Waals surface area (Å²) in [6, 6.07) is 0. The molecule has 0 bridgehead atoms. The first-order valence-electron chi connectivity index (χ1n) is 5.39. The molecular formula is C11H20N4O. The van der Waals surface area contributed by atoms with Gasteiger partial charge in [0.05, 0.1) is 0 Å². The van der Waals surface area contributed by atoms with Gasteiger partial charge in [-0.05, 0) is 27.2 Å². The second-order valence-electron chi connectivity index (χ2n) is 4.46. The normalized spacial score (nSPS) is 11.3. The molecule has 90 valence electrons. The number of aryl methyl sites for hydroxylation is 1. The standard InChI is InChI=1S/C11H20N4O/c1-8-7-13-10(12-4)14-9(8)15-11(2,3)5-6-16/h7,16H,5-6H2,1-4H3,(H2,12,13,14,15). The predicted molar refractivity (Wildman–Crippen MR) is 65.7 cm³/mol. The first-order chi connectivity index (χ1) is 7.48. The molecule has 0 saturated heterocycles. The summed E-state index contributed by atoms with van der Waals surface area (Å²) in [5.74, 6) is 1.39. The Morgan fingerprint density at radius 3 is 2.69 bits per heavy atom. The fraction of sp³-hybridized carbons (Fsp3) is 0.636. The number of aliphatic hydroxyl groups is 1. The van der Waals surface area contributed by atoms with Gasteiger partial charge >= 0.3 is 0 Å². The molecule has 0 amide bonds. The van der Waals surface area contributed by atoms with Crippen LogP contribution >= 0.6 is 0 Å². The number of nitrogens with one attached hydrogen (secondary N) is 2. The lowest BCUT2D eigenvalue weighted by Crippen LogP contribution is -2.32. The predicted octanol–water partition coefficient (Wildman–Crippen LogP) is 1.40. The Hall–Kier alpha value is -1.36. The average Bonchev–Trinajstić information content (AvgIpc) is 2.21. The van der Waals surface area contributed by atoms with Crippen LogP contribution in [0, 0.1) is 6.92 Å². The Labute approximate surface area is 96.3 Å². The molecule has 0 atom stereocenters. The van der Waals surface area contributed by atoms with Gasteiger partial charge in [-0.15, -0.1) is 0 Å². The molecule has 0 aliphatic heterocycles. The molecule has 0 aliphatic carbocycles. The van der Waals surface area contributed by atoms with Gasteiger partial charge in [-0.3, -0.25) is 0 Å². The van der Waals surface area contributed by atoms with Crippen molar-refractivity contribution in [2.75, 3.05) is 24.3 Å². The lowest BCUT2D eigenvalue weighted by Gasteiger charge is -2.26. The molecule has 5 heteroatoms. The van der Waals surface area contributed by atoms with Gasteiger partial charge in [0.25, 0.3) is 0 Å². The summed E-state index contributed by atoms with van der Waals surface area (Å²) in [7, 11) is 1.79. The van der Waals surface area contributed by atoms with Crippen molar-refractivity contribution in [3.05, 3.63) is 11.8 Å². The molecule has 0 saturated carbocycles. The van der Waals surface area contributed by atoms with Crippen LogP contribution in [0.3, 0.4) is 0 Å². The van der Waals surface area contributed by atoms with Crippen molar-refractivity contribution in [3.63, 3.8) is 0 Å². The van der Waals surface area contributed by atoms with Crippen LogP contribution in [0.25, 0.3) is 0 Å². The van der Waals surface area contributed by atoms with Crippen LogP contribution < -0.4 is 10.6 Å². The van der Waals surface area contributed by atoms with E-state index in [0.29, 0.717) is 12.4 Å². The molecule has 0 fully saturated rings. The number of anilines is 2. The molecule has 0 unspecified atom stereocenters. The number of hydrogen-bond acceptors (Lipinski definition) is 5. The van der Waals surface area contributed by atoms with Gasteiger partial charge in [-0.1, -0.05) is 0 Å². The minimum atomic E-state index is -0.182. The summed E-state index contributed by atoms with van der Waals surface area (Å²) < 4.78 is 0. The lowest BCUT2D eigenvalue weighted by molar-refractivity contribution is 0.260. The van der Waals surface area contributed by atoms with Crippen molar-refractivity contribution in [1.82, 2.24) is 9.97 Å². The third kappa shape index (κ3) is 3.34. The van der Waals surface area contributed by atoms with Gasteiger partial charge in [-0.25, -0.2) is 4.98 Å².